The van der Waals surface area contributed by atoms with Crippen LogP contribution < -0.4 is 0 Å². The molecule has 2 heteroatoms. The molecule has 0 fully saturated rings. The molecule has 0 heterocycles. The molecule has 2 aromatic rings. The van der Waals surface area contributed by atoms with E-state index in [1.165, 1.54) is 0 Å². The van der Waals surface area contributed by atoms with Gasteiger partial charge in [-0.3, -0.25) is 0 Å². The first-order chi connectivity index (χ1) is 8.68. The van der Waals surface area contributed by atoms with Gasteiger partial charge in [-0.25, -0.2) is 4.79 Å². The van der Waals surface area contributed by atoms with Gasteiger partial charge in [0.2, 0.25) is 0 Å². The molecule has 2 rings (SSSR count). The second-order valence-corrected chi connectivity index (χ2v) is 4.09. The molecule has 2 nitrogen and oxygen atoms in total. The molecule has 0 atom stereocenters. The fourth-order valence-electron chi connectivity index (χ4n) is 1.89. The molecule has 0 spiro atoms. The minimum absolute atomic E-state index is 0.335. The van der Waals surface area contributed by atoms with E-state index in [1.807, 2.05) is 55.5 Å². The van der Waals surface area contributed by atoms with Crippen LogP contribution in [0.15, 0.2) is 54.6 Å². The fraction of sp³-hybridized carbons (Fsp3) is 0.0625. The summed E-state index contributed by atoms with van der Waals surface area (Å²) in [7, 11) is 0. The molecule has 0 saturated carbocycles. The molecule has 0 aliphatic heterocycles. The van der Waals surface area contributed by atoms with Crippen molar-refractivity contribution in [2.45, 2.75) is 6.92 Å². The van der Waals surface area contributed by atoms with E-state index in [0.29, 0.717) is 5.56 Å². The first-order valence-electron chi connectivity index (χ1n) is 5.74. The van der Waals surface area contributed by atoms with Crippen LogP contribution in [0.25, 0.3) is 11.6 Å². The lowest BCUT2D eigenvalue weighted by molar-refractivity contribution is 0.0696. The highest BCUT2D eigenvalue weighted by atomic mass is 16.4. The van der Waals surface area contributed by atoms with E-state index in [0.717, 1.165) is 16.7 Å². The van der Waals surface area contributed by atoms with E-state index in [1.54, 1.807) is 12.1 Å². The number of carboxylic acids is 1. The molecule has 0 aromatic heterocycles. The van der Waals surface area contributed by atoms with Crippen LogP contribution in [0, 0.1) is 0 Å². The Labute approximate surface area is 106 Å². The summed E-state index contributed by atoms with van der Waals surface area (Å²) in [5.74, 6) is -0.897. The summed E-state index contributed by atoms with van der Waals surface area (Å²) in [6.45, 7) is 1.93. The Morgan fingerprint density at radius 1 is 0.944 bits per heavy atom. The number of carbonyl (C=O) groups is 1. The van der Waals surface area contributed by atoms with Crippen molar-refractivity contribution in [1.29, 1.82) is 0 Å². The highest BCUT2D eigenvalue weighted by Crippen LogP contribution is 2.21. The van der Waals surface area contributed by atoms with Gasteiger partial charge in [0, 0.05) is 0 Å². The average Bonchev–Trinajstić information content (AvgIpc) is 2.40. The largest absolute Gasteiger partial charge is 0.478 e. The number of hydrogen-bond donors (Lipinski definition) is 1. The summed E-state index contributed by atoms with van der Waals surface area (Å²) in [5, 5.41) is 9.15. The summed E-state index contributed by atoms with van der Waals surface area (Å²) in [5.41, 5.74) is 3.10. The maximum atomic E-state index is 11.2. The van der Waals surface area contributed by atoms with E-state index in [-0.39, 0.29) is 0 Å². The van der Waals surface area contributed by atoms with Crippen LogP contribution in [0.4, 0.5) is 0 Å². The predicted octanol–water partition coefficient (Wildman–Crippen LogP) is 3.95. The summed E-state index contributed by atoms with van der Waals surface area (Å²) >= 11 is 0. The molecule has 0 radical (unpaired) electrons. The minimum Gasteiger partial charge on any atom is -0.478 e. The Kier molecular flexibility index (Phi) is 3.58. The Bertz CT molecular complexity index is 583. The van der Waals surface area contributed by atoms with E-state index in [4.69, 9.17) is 5.11 Å². The molecular formula is C16H14O2. The zero-order valence-electron chi connectivity index (χ0n) is 10.1. The van der Waals surface area contributed by atoms with Gasteiger partial charge in [-0.1, -0.05) is 54.6 Å². The second-order valence-electron chi connectivity index (χ2n) is 4.09. The van der Waals surface area contributed by atoms with E-state index >= 15 is 0 Å². The van der Waals surface area contributed by atoms with E-state index in [9.17, 15) is 4.79 Å². The zero-order chi connectivity index (χ0) is 13.0. The first kappa shape index (κ1) is 12.1. The average molecular weight is 238 g/mol. The highest BCUT2D eigenvalue weighted by molar-refractivity contribution is 5.96. The second kappa shape index (κ2) is 5.32. The van der Waals surface area contributed by atoms with Crippen LogP contribution in [0.1, 0.15) is 28.4 Å². The molecule has 0 amide bonds. The van der Waals surface area contributed by atoms with Gasteiger partial charge in [0.25, 0.3) is 0 Å². The number of aromatic carboxylic acids is 1. The van der Waals surface area contributed by atoms with Crippen molar-refractivity contribution in [3.63, 3.8) is 0 Å². The van der Waals surface area contributed by atoms with Crippen LogP contribution in [-0.2, 0) is 0 Å². The number of allylic oxidation sites excluding steroid dienone is 1. The number of hydrogen-bond acceptors (Lipinski definition) is 1. The van der Waals surface area contributed by atoms with Crippen molar-refractivity contribution in [1.82, 2.24) is 0 Å². The summed E-state index contributed by atoms with van der Waals surface area (Å²) in [6.07, 6.45) is 1.99. The van der Waals surface area contributed by atoms with Crippen molar-refractivity contribution in [3.8, 4) is 0 Å². The van der Waals surface area contributed by atoms with E-state index in [2.05, 4.69) is 0 Å². The third kappa shape index (κ3) is 2.66. The molecule has 0 bridgehead atoms. The molecule has 0 aliphatic rings. The topological polar surface area (TPSA) is 37.3 Å². The molecule has 2 aromatic carbocycles. The van der Waals surface area contributed by atoms with Crippen molar-refractivity contribution in [2.75, 3.05) is 0 Å². The maximum absolute atomic E-state index is 11.2. The van der Waals surface area contributed by atoms with Gasteiger partial charge in [0.05, 0.1) is 5.56 Å². The minimum atomic E-state index is -0.897. The summed E-state index contributed by atoms with van der Waals surface area (Å²) in [4.78, 5) is 11.2. The Balaban J connectivity index is 2.43. The van der Waals surface area contributed by atoms with Crippen molar-refractivity contribution >= 4 is 17.6 Å². The predicted molar refractivity (Wildman–Crippen MR) is 73.4 cm³/mol. The lowest BCUT2D eigenvalue weighted by atomic mass is 9.99. The van der Waals surface area contributed by atoms with Gasteiger partial charge in [0.15, 0.2) is 0 Å². The Hall–Kier alpha value is -2.35. The van der Waals surface area contributed by atoms with Crippen LogP contribution in [0.2, 0.25) is 0 Å². The quantitative estimate of drug-likeness (QED) is 0.822. The molecule has 0 unspecified atom stereocenters. The van der Waals surface area contributed by atoms with Gasteiger partial charge in [-0.15, -0.1) is 0 Å². The molecule has 90 valence electrons. The van der Waals surface area contributed by atoms with Gasteiger partial charge < -0.3 is 5.11 Å². The van der Waals surface area contributed by atoms with Gasteiger partial charge in [-0.05, 0) is 29.7 Å². The number of carboxylic acid groups (broad SMARTS) is 1. The third-order valence-corrected chi connectivity index (χ3v) is 2.77. The maximum Gasteiger partial charge on any atom is 0.336 e. The smallest absolute Gasteiger partial charge is 0.336 e. The van der Waals surface area contributed by atoms with Gasteiger partial charge >= 0.3 is 5.97 Å². The lowest BCUT2D eigenvalue weighted by Crippen LogP contribution is -2.00. The molecular weight excluding hydrogens is 224 g/mol. The molecule has 0 aliphatic carbocycles. The number of rotatable bonds is 3. The zero-order valence-corrected chi connectivity index (χ0v) is 10.1. The van der Waals surface area contributed by atoms with Gasteiger partial charge in [-0.2, -0.15) is 0 Å². The Morgan fingerprint density at radius 2 is 1.50 bits per heavy atom. The van der Waals surface area contributed by atoms with Crippen LogP contribution in [0.3, 0.4) is 0 Å². The van der Waals surface area contributed by atoms with Crippen LogP contribution >= 0.6 is 0 Å². The van der Waals surface area contributed by atoms with Crippen molar-refractivity contribution in [2.24, 2.45) is 0 Å². The van der Waals surface area contributed by atoms with E-state index < -0.39 is 5.97 Å². The number of benzene rings is 2. The van der Waals surface area contributed by atoms with Gasteiger partial charge in [0.1, 0.15) is 0 Å². The highest BCUT2D eigenvalue weighted by Gasteiger charge is 2.09. The SMILES string of the molecule is CC(=Cc1ccccc1)c1ccccc1C(=O)O. The first-order valence-corrected chi connectivity index (χ1v) is 5.74. The van der Waals surface area contributed by atoms with Crippen molar-refractivity contribution in [3.05, 3.63) is 71.3 Å². The standard InChI is InChI=1S/C16H14O2/c1-12(11-13-7-3-2-4-8-13)14-9-5-6-10-15(14)16(17)18/h2-11H,1H3,(H,17,18). The summed E-state index contributed by atoms with van der Waals surface area (Å²) < 4.78 is 0. The monoisotopic (exact) mass is 238 g/mol. The Morgan fingerprint density at radius 3 is 2.11 bits per heavy atom. The molecule has 18 heavy (non-hydrogen) atoms. The van der Waals surface area contributed by atoms with Crippen LogP contribution in [0.5, 0.6) is 0 Å². The summed E-state index contributed by atoms with van der Waals surface area (Å²) in [6, 6.07) is 16.9. The molecule has 0 saturated heterocycles. The normalized spacial score (nSPS) is 11.3. The third-order valence-electron chi connectivity index (χ3n) is 2.77. The fourth-order valence-corrected chi connectivity index (χ4v) is 1.89. The lowest BCUT2D eigenvalue weighted by Gasteiger charge is -2.06. The molecule has 1 N–H and O–H groups in total. The van der Waals surface area contributed by atoms with Crippen LogP contribution in [-0.4, -0.2) is 11.1 Å². The van der Waals surface area contributed by atoms with Crippen molar-refractivity contribution < 1.29 is 9.90 Å².